The van der Waals surface area contributed by atoms with Crippen molar-refractivity contribution in [2.45, 2.75) is 44.9 Å². The summed E-state index contributed by atoms with van der Waals surface area (Å²) in [6.45, 7) is 2.28. The van der Waals surface area contributed by atoms with E-state index in [-0.39, 0.29) is 17.7 Å². The minimum Gasteiger partial charge on any atom is -0.507 e. The van der Waals surface area contributed by atoms with Crippen LogP contribution in [-0.4, -0.2) is 33.4 Å². The molecule has 1 saturated carbocycles. The lowest BCUT2D eigenvalue weighted by Crippen LogP contribution is -2.33. The van der Waals surface area contributed by atoms with Gasteiger partial charge in [0.2, 0.25) is 5.91 Å². The van der Waals surface area contributed by atoms with Crippen LogP contribution in [0.15, 0.2) is 54.6 Å². The van der Waals surface area contributed by atoms with Gasteiger partial charge in [0.05, 0.1) is 11.4 Å². The SMILES string of the molecule is CCC(=O)Nc1ccc(-c2cc(C3CCC3)n(C(=O)NCCc3ccccc3)n2)c(O)c1. The third kappa shape index (κ3) is 4.82. The number of carbonyl (C=O) groups is 2. The number of rotatable bonds is 7. The van der Waals surface area contributed by atoms with Crippen LogP contribution in [0, 0.1) is 0 Å². The van der Waals surface area contributed by atoms with Crippen molar-refractivity contribution in [2.24, 2.45) is 0 Å². The lowest BCUT2D eigenvalue weighted by atomic mass is 9.82. The second-order valence-electron chi connectivity index (χ2n) is 8.10. The summed E-state index contributed by atoms with van der Waals surface area (Å²) in [6.07, 6.45) is 4.28. The molecule has 3 aromatic rings. The Hall–Kier alpha value is -3.61. The number of phenols is 1. The van der Waals surface area contributed by atoms with Gasteiger partial charge in [0.15, 0.2) is 0 Å². The summed E-state index contributed by atoms with van der Waals surface area (Å²) < 4.78 is 1.44. The Bertz CT molecular complexity index is 1100. The highest BCUT2D eigenvalue weighted by Gasteiger charge is 2.27. The fourth-order valence-electron chi connectivity index (χ4n) is 3.79. The first kappa shape index (κ1) is 21.6. The molecule has 0 unspecified atom stereocenters. The van der Waals surface area contributed by atoms with E-state index in [2.05, 4.69) is 15.7 Å². The molecular formula is C25H28N4O3. The van der Waals surface area contributed by atoms with Crippen LogP contribution in [0.5, 0.6) is 5.75 Å². The monoisotopic (exact) mass is 432 g/mol. The first-order valence-electron chi connectivity index (χ1n) is 11.1. The van der Waals surface area contributed by atoms with Gasteiger partial charge in [0.25, 0.3) is 0 Å². The number of benzene rings is 2. The van der Waals surface area contributed by atoms with Gasteiger partial charge in [-0.15, -0.1) is 0 Å². The van der Waals surface area contributed by atoms with Crippen LogP contribution in [0.25, 0.3) is 11.3 Å². The fourth-order valence-corrected chi connectivity index (χ4v) is 3.79. The van der Waals surface area contributed by atoms with Crippen molar-refractivity contribution < 1.29 is 14.7 Å². The lowest BCUT2D eigenvalue weighted by Gasteiger charge is -2.25. The average Bonchev–Trinajstić information content (AvgIpc) is 3.17. The van der Waals surface area contributed by atoms with Crippen molar-refractivity contribution in [1.29, 1.82) is 0 Å². The maximum absolute atomic E-state index is 12.9. The zero-order valence-corrected chi connectivity index (χ0v) is 18.2. The molecule has 7 nitrogen and oxygen atoms in total. The van der Waals surface area contributed by atoms with Crippen molar-refractivity contribution in [1.82, 2.24) is 15.1 Å². The Morgan fingerprint density at radius 1 is 1.12 bits per heavy atom. The second kappa shape index (κ2) is 9.68. The molecule has 166 valence electrons. The van der Waals surface area contributed by atoms with E-state index in [1.165, 1.54) is 10.7 Å². The Morgan fingerprint density at radius 3 is 2.56 bits per heavy atom. The molecule has 2 aromatic carbocycles. The van der Waals surface area contributed by atoms with Gasteiger partial charge in [-0.1, -0.05) is 43.7 Å². The number of nitrogens with one attached hydrogen (secondary N) is 2. The first-order chi connectivity index (χ1) is 15.5. The van der Waals surface area contributed by atoms with Gasteiger partial charge in [-0.2, -0.15) is 9.78 Å². The Balaban J connectivity index is 1.53. The molecule has 1 heterocycles. The zero-order valence-electron chi connectivity index (χ0n) is 18.2. The number of anilines is 1. The van der Waals surface area contributed by atoms with E-state index in [1.54, 1.807) is 19.1 Å². The summed E-state index contributed by atoms with van der Waals surface area (Å²) in [4.78, 5) is 24.5. The van der Waals surface area contributed by atoms with Crippen molar-refractivity contribution in [3.05, 3.63) is 65.9 Å². The Kier molecular flexibility index (Phi) is 6.54. The summed E-state index contributed by atoms with van der Waals surface area (Å²) in [5.41, 5.74) is 3.61. The van der Waals surface area contributed by atoms with E-state index in [1.807, 2.05) is 36.4 Å². The van der Waals surface area contributed by atoms with E-state index in [9.17, 15) is 14.7 Å². The second-order valence-corrected chi connectivity index (χ2v) is 8.10. The molecule has 1 aliphatic rings. The van der Waals surface area contributed by atoms with Crippen LogP contribution in [0.1, 0.15) is 49.8 Å². The maximum Gasteiger partial charge on any atom is 0.342 e. The van der Waals surface area contributed by atoms with Gasteiger partial charge in [0.1, 0.15) is 5.75 Å². The van der Waals surface area contributed by atoms with Crippen LogP contribution in [0.2, 0.25) is 0 Å². The van der Waals surface area contributed by atoms with Gasteiger partial charge in [0, 0.05) is 36.2 Å². The summed E-state index contributed by atoms with van der Waals surface area (Å²) in [5.74, 6) is 0.176. The fraction of sp³-hybridized carbons (Fsp3) is 0.320. The maximum atomic E-state index is 12.9. The predicted molar refractivity (Wildman–Crippen MR) is 124 cm³/mol. The molecule has 32 heavy (non-hydrogen) atoms. The summed E-state index contributed by atoms with van der Waals surface area (Å²) in [7, 11) is 0. The van der Waals surface area contributed by atoms with Gasteiger partial charge < -0.3 is 15.7 Å². The van der Waals surface area contributed by atoms with E-state index in [0.717, 1.165) is 36.9 Å². The number of carbonyl (C=O) groups excluding carboxylic acids is 2. The first-order valence-corrected chi connectivity index (χ1v) is 11.1. The highest BCUT2D eigenvalue weighted by atomic mass is 16.3. The molecule has 1 aliphatic carbocycles. The molecule has 3 N–H and O–H groups in total. The van der Waals surface area contributed by atoms with Crippen LogP contribution in [0.4, 0.5) is 10.5 Å². The summed E-state index contributed by atoms with van der Waals surface area (Å²) in [5, 5.41) is 20.8. The van der Waals surface area contributed by atoms with Crippen molar-refractivity contribution in [3.63, 3.8) is 0 Å². The molecule has 2 amide bonds. The van der Waals surface area contributed by atoms with Crippen molar-refractivity contribution in [2.75, 3.05) is 11.9 Å². The van der Waals surface area contributed by atoms with Crippen LogP contribution >= 0.6 is 0 Å². The lowest BCUT2D eigenvalue weighted by molar-refractivity contribution is -0.115. The molecule has 7 heteroatoms. The molecule has 0 aliphatic heterocycles. The largest absolute Gasteiger partial charge is 0.507 e. The minimum atomic E-state index is -0.264. The molecule has 1 fully saturated rings. The normalized spacial score (nSPS) is 13.4. The number of phenolic OH excluding ortho intramolecular Hbond substituents is 1. The molecule has 0 radical (unpaired) electrons. The summed E-state index contributed by atoms with van der Waals surface area (Å²) >= 11 is 0. The van der Waals surface area contributed by atoms with E-state index >= 15 is 0 Å². The van der Waals surface area contributed by atoms with Gasteiger partial charge in [-0.3, -0.25) is 4.79 Å². The highest BCUT2D eigenvalue weighted by molar-refractivity contribution is 5.91. The smallest absolute Gasteiger partial charge is 0.342 e. The number of amides is 2. The molecule has 0 saturated heterocycles. The highest BCUT2D eigenvalue weighted by Crippen LogP contribution is 2.39. The number of aromatic nitrogens is 2. The molecule has 0 spiro atoms. The van der Waals surface area contributed by atoms with Crippen molar-refractivity contribution >= 4 is 17.6 Å². The van der Waals surface area contributed by atoms with E-state index in [4.69, 9.17) is 0 Å². The minimum absolute atomic E-state index is 0.00759. The molecule has 0 bridgehead atoms. The van der Waals surface area contributed by atoms with Crippen molar-refractivity contribution in [3.8, 4) is 17.0 Å². The van der Waals surface area contributed by atoms with Gasteiger partial charge in [-0.25, -0.2) is 4.79 Å². The van der Waals surface area contributed by atoms with E-state index in [0.29, 0.717) is 35.8 Å². The van der Waals surface area contributed by atoms with Gasteiger partial charge in [-0.05, 0) is 43.0 Å². The van der Waals surface area contributed by atoms with Crippen LogP contribution in [0.3, 0.4) is 0 Å². The molecular weight excluding hydrogens is 404 g/mol. The predicted octanol–water partition coefficient (Wildman–Crippen LogP) is 4.67. The zero-order chi connectivity index (χ0) is 22.5. The Morgan fingerprint density at radius 2 is 1.91 bits per heavy atom. The number of aromatic hydroxyl groups is 1. The van der Waals surface area contributed by atoms with Crippen LogP contribution in [-0.2, 0) is 11.2 Å². The summed E-state index contributed by atoms with van der Waals surface area (Å²) in [6, 6.07) is 16.6. The number of hydrogen-bond donors (Lipinski definition) is 3. The van der Waals surface area contributed by atoms with Gasteiger partial charge >= 0.3 is 6.03 Å². The number of nitrogens with zero attached hydrogens (tertiary/aromatic N) is 2. The number of hydrogen-bond acceptors (Lipinski definition) is 4. The molecule has 1 aromatic heterocycles. The topological polar surface area (TPSA) is 96.3 Å². The van der Waals surface area contributed by atoms with Crippen LogP contribution < -0.4 is 10.6 Å². The third-order valence-electron chi connectivity index (χ3n) is 5.86. The quantitative estimate of drug-likeness (QED) is 0.505. The van der Waals surface area contributed by atoms with E-state index < -0.39 is 0 Å². The Labute approximate surface area is 187 Å². The third-order valence-corrected chi connectivity index (χ3v) is 5.86. The average molecular weight is 433 g/mol. The molecule has 4 rings (SSSR count). The molecule has 0 atom stereocenters. The standard InChI is InChI=1S/C25H28N4O3/c1-2-24(31)27-19-11-12-20(23(30)15-19)21-16-22(18-9-6-10-18)29(28-21)25(32)26-14-13-17-7-4-3-5-8-17/h3-5,7-8,11-12,15-16,18,30H,2,6,9-10,13-14H2,1H3,(H,26,32)(H,27,31).